The Kier molecular flexibility index (Phi) is 3.91. The highest BCUT2D eigenvalue weighted by atomic mass is 32.2. The van der Waals surface area contributed by atoms with Crippen molar-refractivity contribution >= 4 is 21.7 Å². The van der Waals surface area contributed by atoms with Crippen LogP contribution in [0.25, 0.3) is 0 Å². The number of hydrogen-bond donors (Lipinski definition) is 1. The summed E-state index contributed by atoms with van der Waals surface area (Å²) in [6.07, 6.45) is 2.08. The fourth-order valence-corrected chi connectivity index (χ4v) is 5.12. The van der Waals surface area contributed by atoms with Gasteiger partial charge in [0.15, 0.2) is 0 Å². The van der Waals surface area contributed by atoms with Crippen LogP contribution in [0.3, 0.4) is 0 Å². The third kappa shape index (κ3) is 3.24. The van der Waals surface area contributed by atoms with Crippen LogP contribution < -0.4 is 0 Å². The molecule has 6 nitrogen and oxygen atoms in total. The first-order valence-electron chi connectivity index (χ1n) is 7.63. The van der Waals surface area contributed by atoms with E-state index < -0.39 is 15.8 Å². The third-order valence-corrected chi connectivity index (χ3v) is 6.64. The Bertz CT molecular complexity index is 724. The molecular formula is C16H19NO5S. The van der Waals surface area contributed by atoms with Gasteiger partial charge in [-0.25, -0.2) is 13.2 Å². The first-order chi connectivity index (χ1) is 10.8. The van der Waals surface area contributed by atoms with Crippen molar-refractivity contribution in [2.75, 3.05) is 24.6 Å². The SMILES string of the molecule is O=C(O)c1ccc(C(=O)N2CCC3(CCS(=O)(=O)CC3)C2)cc1. The fourth-order valence-electron chi connectivity index (χ4n) is 3.43. The van der Waals surface area contributed by atoms with E-state index in [0.29, 0.717) is 31.5 Å². The standard InChI is InChI=1S/C16H19NO5S/c18-14(12-1-3-13(4-2-12)15(19)20)17-8-5-16(11-17)6-9-23(21,22)10-7-16/h1-4H,5-11H2,(H,19,20). The van der Waals surface area contributed by atoms with E-state index in [1.54, 1.807) is 4.90 Å². The molecule has 3 rings (SSSR count). The molecule has 1 amide bonds. The van der Waals surface area contributed by atoms with E-state index in [2.05, 4.69) is 0 Å². The van der Waals surface area contributed by atoms with Crippen LogP contribution in [-0.2, 0) is 9.84 Å². The number of nitrogens with zero attached hydrogens (tertiary/aromatic N) is 1. The molecule has 2 aliphatic rings. The second kappa shape index (κ2) is 5.63. The molecule has 2 fully saturated rings. The Morgan fingerprint density at radius 2 is 1.57 bits per heavy atom. The zero-order chi connectivity index (χ0) is 16.7. The summed E-state index contributed by atoms with van der Waals surface area (Å²) >= 11 is 0. The summed E-state index contributed by atoms with van der Waals surface area (Å²) < 4.78 is 23.2. The average molecular weight is 337 g/mol. The number of aromatic carboxylic acids is 1. The fraction of sp³-hybridized carbons (Fsp3) is 0.500. The number of carbonyl (C=O) groups is 2. The number of sulfone groups is 1. The van der Waals surface area contributed by atoms with Crippen LogP contribution >= 0.6 is 0 Å². The van der Waals surface area contributed by atoms with Gasteiger partial charge in [0, 0.05) is 18.7 Å². The molecule has 23 heavy (non-hydrogen) atoms. The summed E-state index contributed by atoms with van der Waals surface area (Å²) in [4.78, 5) is 25.1. The number of benzene rings is 1. The molecule has 2 saturated heterocycles. The van der Waals surface area contributed by atoms with Crippen molar-refractivity contribution in [3.8, 4) is 0 Å². The molecule has 124 valence electrons. The molecule has 1 spiro atoms. The van der Waals surface area contributed by atoms with Gasteiger partial charge in [-0.1, -0.05) is 0 Å². The van der Waals surface area contributed by atoms with Gasteiger partial charge in [-0.2, -0.15) is 0 Å². The van der Waals surface area contributed by atoms with E-state index in [4.69, 9.17) is 5.11 Å². The molecule has 0 aliphatic carbocycles. The quantitative estimate of drug-likeness (QED) is 0.881. The van der Waals surface area contributed by atoms with Gasteiger partial charge >= 0.3 is 5.97 Å². The monoisotopic (exact) mass is 337 g/mol. The smallest absolute Gasteiger partial charge is 0.335 e. The minimum Gasteiger partial charge on any atom is -0.478 e. The highest BCUT2D eigenvalue weighted by Gasteiger charge is 2.43. The van der Waals surface area contributed by atoms with Crippen molar-refractivity contribution in [2.24, 2.45) is 5.41 Å². The number of carboxylic acid groups (broad SMARTS) is 1. The normalized spacial score (nSPS) is 22.2. The molecule has 0 saturated carbocycles. The second-order valence-corrected chi connectivity index (χ2v) is 8.81. The Balaban J connectivity index is 1.69. The van der Waals surface area contributed by atoms with Crippen LogP contribution in [0.4, 0.5) is 0 Å². The first-order valence-corrected chi connectivity index (χ1v) is 9.46. The first kappa shape index (κ1) is 16.0. The summed E-state index contributed by atoms with van der Waals surface area (Å²) in [6.45, 7) is 1.21. The molecule has 7 heteroatoms. The van der Waals surface area contributed by atoms with Crippen LogP contribution in [0.2, 0.25) is 0 Å². The summed E-state index contributed by atoms with van der Waals surface area (Å²) in [5.41, 5.74) is 0.550. The van der Waals surface area contributed by atoms with Crippen LogP contribution in [-0.4, -0.2) is 54.9 Å². The van der Waals surface area contributed by atoms with Gasteiger partial charge in [-0.15, -0.1) is 0 Å². The van der Waals surface area contributed by atoms with Crippen molar-refractivity contribution in [1.82, 2.24) is 4.90 Å². The van der Waals surface area contributed by atoms with E-state index in [1.165, 1.54) is 24.3 Å². The maximum Gasteiger partial charge on any atom is 0.335 e. The van der Waals surface area contributed by atoms with Crippen molar-refractivity contribution in [3.63, 3.8) is 0 Å². The summed E-state index contributed by atoms with van der Waals surface area (Å²) in [5.74, 6) is -0.718. The predicted octanol–water partition coefficient (Wildman–Crippen LogP) is 1.43. The number of hydrogen-bond acceptors (Lipinski definition) is 4. The van der Waals surface area contributed by atoms with Crippen LogP contribution in [0.15, 0.2) is 24.3 Å². The largest absolute Gasteiger partial charge is 0.478 e. The number of carbonyl (C=O) groups excluding carboxylic acids is 1. The Labute approximate surface area is 135 Å². The molecular weight excluding hydrogens is 318 g/mol. The van der Waals surface area contributed by atoms with Crippen molar-refractivity contribution in [2.45, 2.75) is 19.3 Å². The number of likely N-dealkylation sites (tertiary alicyclic amines) is 1. The molecule has 1 aromatic carbocycles. The van der Waals surface area contributed by atoms with Gasteiger partial charge in [0.25, 0.3) is 5.91 Å². The molecule has 2 aliphatic heterocycles. The summed E-state index contributed by atoms with van der Waals surface area (Å²) in [5, 5.41) is 8.89. The lowest BCUT2D eigenvalue weighted by Gasteiger charge is -2.33. The number of carboxylic acids is 1. The Morgan fingerprint density at radius 1 is 1.00 bits per heavy atom. The predicted molar refractivity (Wildman–Crippen MR) is 84.2 cm³/mol. The molecule has 0 unspecified atom stereocenters. The van der Waals surface area contributed by atoms with E-state index in [-0.39, 0.29) is 28.4 Å². The lowest BCUT2D eigenvalue weighted by Crippen LogP contribution is -2.37. The number of rotatable bonds is 2. The average Bonchev–Trinajstić information content (AvgIpc) is 2.95. The van der Waals surface area contributed by atoms with Crippen LogP contribution in [0.1, 0.15) is 40.0 Å². The molecule has 0 radical (unpaired) electrons. The molecule has 0 bridgehead atoms. The zero-order valence-electron chi connectivity index (χ0n) is 12.7. The van der Waals surface area contributed by atoms with Crippen LogP contribution in [0, 0.1) is 5.41 Å². The molecule has 1 aromatic rings. The lowest BCUT2D eigenvalue weighted by molar-refractivity contribution is 0.0694. The van der Waals surface area contributed by atoms with Gasteiger partial charge in [0.1, 0.15) is 9.84 Å². The maximum absolute atomic E-state index is 12.5. The highest BCUT2D eigenvalue weighted by molar-refractivity contribution is 7.91. The van der Waals surface area contributed by atoms with E-state index in [1.807, 2.05) is 0 Å². The maximum atomic E-state index is 12.5. The third-order valence-electron chi connectivity index (χ3n) is 4.99. The Hall–Kier alpha value is -1.89. The molecule has 1 N–H and O–H groups in total. The molecule has 0 atom stereocenters. The number of amides is 1. The topological polar surface area (TPSA) is 91.8 Å². The van der Waals surface area contributed by atoms with Gasteiger partial charge in [0.2, 0.25) is 0 Å². The van der Waals surface area contributed by atoms with E-state index in [0.717, 1.165) is 6.42 Å². The van der Waals surface area contributed by atoms with E-state index in [9.17, 15) is 18.0 Å². The summed E-state index contributed by atoms with van der Waals surface area (Å²) in [6, 6.07) is 5.91. The minimum atomic E-state index is -2.91. The van der Waals surface area contributed by atoms with Crippen LogP contribution in [0.5, 0.6) is 0 Å². The van der Waals surface area contributed by atoms with Crippen molar-refractivity contribution in [1.29, 1.82) is 0 Å². The Morgan fingerprint density at radius 3 is 2.13 bits per heavy atom. The molecule has 2 heterocycles. The summed E-state index contributed by atoms with van der Waals surface area (Å²) in [7, 11) is -2.91. The lowest BCUT2D eigenvalue weighted by atomic mass is 9.81. The van der Waals surface area contributed by atoms with E-state index >= 15 is 0 Å². The minimum absolute atomic E-state index is 0.0675. The molecule has 0 aromatic heterocycles. The highest BCUT2D eigenvalue weighted by Crippen LogP contribution is 2.41. The van der Waals surface area contributed by atoms with Gasteiger partial charge in [-0.05, 0) is 48.9 Å². The van der Waals surface area contributed by atoms with Gasteiger partial charge in [-0.3, -0.25) is 4.79 Å². The van der Waals surface area contributed by atoms with Crippen molar-refractivity contribution < 1.29 is 23.1 Å². The second-order valence-electron chi connectivity index (χ2n) is 6.51. The zero-order valence-corrected chi connectivity index (χ0v) is 13.5. The van der Waals surface area contributed by atoms with Gasteiger partial charge in [0.05, 0.1) is 17.1 Å². The van der Waals surface area contributed by atoms with Gasteiger partial charge < -0.3 is 10.0 Å². The van der Waals surface area contributed by atoms with Crippen molar-refractivity contribution in [3.05, 3.63) is 35.4 Å².